The van der Waals surface area contributed by atoms with Crippen LogP contribution in [0.4, 0.5) is 0 Å². The van der Waals surface area contributed by atoms with E-state index in [4.69, 9.17) is 9.47 Å². The zero-order valence-corrected chi connectivity index (χ0v) is 16.5. The number of benzene rings is 1. The van der Waals surface area contributed by atoms with Crippen molar-refractivity contribution in [1.82, 2.24) is 14.5 Å². The van der Waals surface area contributed by atoms with Crippen molar-refractivity contribution < 1.29 is 27.5 Å². The summed E-state index contributed by atoms with van der Waals surface area (Å²) in [6.45, 7) is 2.63. The van der Waals surface area contributed by atoms with Gasteiger partial charge in [0.2, 0.25) is 21.8 Å². The van der Waals surface area contributed by atoms with Gasteiger partial charge in [0.25, 0.3) is 0 Å². The minimum Gasteiger partial charge on any atom is -0.497 e. The molecule has 1 aromatic rings. The number of sulfonamides is 1. The summed E-state index contributed by atoms with van der Waals surface area (Å²) in [5, 5.41) is 2.58. The van der Waals surface area contributed by atoms with Crippen molar-refractivity contribution in [3.05, 3.63) is 18.2 Å². The Labute approximate surface area is 159 Å². The number of piperazine rings is 1. The van der Waals surface area contributed by atoms with E-state index in [-0.39, 0.29) is 48.5 Å². The van der Waals surface area contributed by atoms with E-state index in [1.54, 1.807) is 17.0 Å². The Kier molecular flexibility index (Phi) is 7.03. The lowest BCUT2D eigenvalue weighted by Gasteiger charge is -2.34. The molecule has 1 aromatic carbocycles. The molecule has 0 unspecified atom stereocenters. The van der Waals surface area contributed by atoms with Crippen LogP contribution in [0.25, 0.3) is 0 Å². The van der Waals surface area contributed by atoms with Gasteiger partial charge in [0, 0.05) is 52.1 Å². The van der Waals surface area contributed by atoms with E-state index >= 15 is 0 Å². The summed E-state index contributed by atoms with van der Waals surface area (Å²) in [6, 6.07) is 4.61. The van der Waals surface area contributed by atoms with Gasteiger partial charge in [-0.2, -0.15) is 4.31 Å². The van der Waals surface area contributed by atoms with Crippen LogP contribution in [-0.4, -0.2) is 76.4 Å². The van der Waals surface area contributed by atoms with E-state index in [2.05, 4.69) is 5.32 Å². The molecule has 0 aromatic heterocycles. The van der Waals surface area contributed by atoms with Crippen molar-refractivity contribution in [3.8, 4) is 11.5 Å². The molecule has 1 aliphatic heterocycles. The van der Waals surface area contributed by atoms with Crippen molar-refractivity contribution in [2.24, 2.45) is 0 Å². The first-order chi connectivity index (χ1) is 12.8. The predicted octanol–water partition coefficient (Wildman–Crippen LogP) is 0.0629. The van der Waals surface area contributed by atoms with Gasteiger partial charge >= 0.3 is 0 Å². The highest BCUT2D eigenvalue weighted by Gasteiger charge is 2.32. The van der Waals surface area contributed by atoms with Crippen LogP contribution in [0.15, 0.2) is 23.1 Å². The molecule has 1 heterocycles. The molecule has 0 spiro atoms. The van der Waals surface area contributed by atoms with E-state index in [1.165, 1.54) is 31.5 Å². The van der Waals surface area contributed by atoms with E-state index < -0.39 is 10.0 Å². The zero-order chi connectivity index (χ0) is 20.0. The van der Waals surface area contributed by atoms with Gasteiger partial charge in [-0.3, -0.25) is 9.59 Å². The van der Waals surface area contributed by atoms with Crippen LogP contribution in [0.5, 0.6) is 11.5 Å². The second-order valence-corrected chi connectivity index (χ2v) is 7.94. The molecule has 1 aliphatic rings. The molecule has 27 heavy (non-hydrogen) atoms. The number of carbonyl (C=O) groups excluding carboxylic acids is 2. The van der Waals surface area contributed by atoms with E-state index in [1.807, 2.05) is 0 Å². The van der Waals surface area contributed by atoms with Crippen LogP contribution in [0.3, 0.4) is 0 Å². The Bertz CT molecular complexity index is 788. The van der Waals surface area contributed by atoms with Crippen LogP contribution in [0, 0.1) is 0 Å². The Morgan fingerprint density at radius 1 is 1.11 bits per heavy atom. The monoisotopic (exact) mass is 399 g/mol. The van der Waals surface area contributed by atoms with Crippen LogP contribution < -0.4 is 14.8 Å². The first-order valence-corrected chi connectivity index (χ1v) is 9.98. The number of amides is 2. The van der Waals surface area contributed by atoms with Crippen molar-refractivity contribution in [3.63, 3.8) is 0 Å². The molecule has 0 radical (unpaired) electrons. The number of rotatable bonds is 7. The smallest absolute Gasteiger partial charge is 0.247 e. The number of ether oxygens (including phenoxy) is 2. The van der Waals surface area contributed by atoms with Crippen molar-refractivity contribution in [2.45, 2.75) is 18.2 Å². The Balaban J connectivity index is 2.04. The number of carbonyl (C=O) groups is 2. The molecule has 1 saturated heterocycles. The van der Waals surface area contributed by atoms with Gasteiger partial charge < -0.3 is 19.7 Å². The fourth-order valence-electron chi connectivity index (χ4n) is 2.81. The average molecular weight is 399 g/mol. The summed E-state index contributed by atoms with van der Waals surface area (Å²) in [5.74, 6) is 0.358. The maximum absolute atomic E-state index is 13.0. The predicted molar refractivity (Wildman–Crippen MR) is 98.2 cm³/mol. The fraction of sp³-hybridized carbons (Fsp3) is 0.529. The van der Waals surface area contributed by atoms with E-state index in [0.717, 1.165) is 0 Å². The normalized spacial score (nSPS) is 15.3. The van der Waals surface area contributed by atoms with E-state index in [0.29, 0.717) is 18.8 Å². The van der Waals surface area contributed by atoms with Crippen molar-refractivity contribution in [2.75, 3.05) is 46.9 Å². The summed E-state index contributed by atoms with van der Waals surface area (Å²) in [5.41, 5.74) is 0. The Morgan fingerprint density at radius 2 is 1.78 bits per heavy atom. The summed E-state index contributed by atoms with van der Waals surface area (Å²) >= 11 is 0. The standard InChI is InChI=1S/C17H25N3O6S/c1-13(21)18-7-6-17(22)19-8-10-20(11-9-19)27(23,24)16-12-14(25-2)4-5-15(16)26-3/h4-5,12H,6-11H2,1-3H3,(H,18,21). The van der Waals surface area contributed by atoms with Gasteiger partial charge in [-0.05, 0) is 12.1 Å². The minimum atomic E-state index is -3.78. The summed E-state index contributed by atoms with van der Waals surface area (Å²) in [7, 11) is -0.910. The third kappa shape index (κ3) is 5.10. The average Bonchev–Trinajstić information content (AvgIpc) is 2.67. The van der Waals surface area contributed by atoms with Gasteiger partial charge in [-0.1, -0.05) is 0 Å². The molecule has 0 aliphatic carbocycles. The van der Waals surface area contributed by atoms with Gasteiger partial charge in [0.05, 0.1) is 14.2 Å². The van der Waals surface area contributed by atoms with Crippen LogP contribution >= 0.6 is 0 Å². The number of hydrogen-bond donors (Lipinski definition) is 1. The molecule has 0 saturated carbocycles. The van der Waals surface area contributed by atoms with Crippen molar-refractivity contribution in [1.29, 1.82) is 0 Å². The number of nitrogens with zero attached hydrogens (tertiary/aromatic N) is 2. The second kappa shape index (κ2) is 9.05. The summed E-state index contributed by atoms with van der Waals surface area (Å²) in [4.78, 5) is 24.7. The first kappa shape index (κ1) is 21.0. The topological polar surface area (TPSA) is 105 Å². The molecular weight excluding hydrogens is 374 g/mol. The Hall–Kier alpha value is -2.33. The molecule has 9 nitrogen and oxygen atoms in total. The molecule has 150 valence electrons. The Morgan fingerprint density at radius 3 is 2.33 bits per heavy atom. The molecule has 0 atom stereocenters. The lowest BCUT2D eigenvalue weighted by Crippen LogP contribution is -2.50. The molecule has 1 N–H and O–H groups in total. The second-order valence-electron chi connectivity index (χ2n) is 6.03. The third-order valence-corrected chi connectivity index (χ3v) is 6.21. The minimum absolute atomic E-state index is 0.0368. The van der Waals surface area contributed by atoms with Gasteiger partial charge in [0.15, 0.2) is 0 Å². The number of methoxy groups -OCH3 is 2. The van der Waals surface area contributed by atoms with Crippen LogP contribution in [0.1, 0.15) is 13.3 Å². The fourth-order valence-corrected chi connectivity index (χ4v) is 4.40. The molecule has 2 amide bonds. The lowest BCUT2D eigenvalue weighted by molar-refractivity contribution is -0.132. The van der Waals surface area contributed by atoms with Crippen LogP contribution in [-0.2, 0) is 19.6 Å². The molecule has 10 heteroatoms. The summed E-state index contributed by atoms with van der Waals surface area (Å²) < 4.78 is 37.6. The maximum atomic E-state index is 13.0. The van der Waals surface area contributed by atoms with E-state index in [9.17, 15) is 18.0 Å². The van der Waals surface area contributed by atoms with Crippen LogP contribution in [0.2, 0.25) is 0 Å². The maximum Gasteiger partial charge on any atom is 0.247 e. The SMILES string of the molecule is COc1ccc(OC)c(S(=O)(=O)N2CCN(C(=O)CCNC(C)=O)CC2)c1. The third-order valence-electron chi connectivity index (χ3n) is 4.29. The summed E-state index contributed by atoms with van der Waals surface area (Å²) in [6.07, 6.45) is 0.191. The van der Waals surface area contributed by atoms with Gasteiger partial charge in [0.1, 0.15) is 16.4 Å². The molecule has 1 fully saturated rings. The molecule has 2 rings (SSSR count). The highest BCUT2D eigenvalue weighted by atomic mass is 32.2. The largest absolute Gasteiger partial charge is 0.497 e. The van der Waals surface area contributed by atoms with Gasteiger partial charge in [-0.25, -0.2) is 8.42 Å². The quantitative estimate of drug-likeness (QED) is 0.695. The number of hydrogen-bond acceptors (Lipinski definition) is 6. The molecular formula is C17H25N3O6S. The highest BCUT2D eigenvalue weighted by Crippen LogP contribution is 2.31. The van der Waals surface area contributed by atoms with Crippen molar-refractivity contribution >= 4 is 21.8 Å². The number of nitrogens with one attached hydrogen (secondary N) is 1. The van der Waals surface area contributed by atoms with Gasteiger partial charge in [-0.15, -0.1) is 0 Å². The first-order valence-electron chi connectivity index (χ1n) is 8.54. The molecule has 0 bridgehead atoms. The highest BCUT2D eigenvalue weighted by molar-refractivity contribution is 7.89. The zero-order valence-electron chi connectivity index (χ0n) is 15.7. The lowest BCUT2D eigenvalue weighted by atomic mass is 10.3.